The number of methoxy groups -OCH3 is 2. The van der Waals surface area contributed by atoms with E-state index in [1.165, 1.54) is 14.2 Å². The lowest BCUT2D eigenvalue weighted by molar-refractivity contribution is -0.170. The molecule has 0 saturated heterocycles. The van der Waals surface area contributed by atoms with Gasteiger partial charge in [0.15, 0.2) is 0 Å². The van der Waals surface area contributed by atoms with Crippen molar-refractivity contribution in [2.75, 3.05) is 32.7 Å². The summed E-state index contributed by atoms with van der Waals surface area (Å²) in [5.41, 5.74) is 5.24. The summed E-state index contributed by atoms with van der Waals surface area (Å²) < 4.78 is 16.0. The van der Waals surface area contributed by atoms with Crippen molar-refractivity contribution in [1.29, 1.82) is 0 Å². The fourth-order valence-electron chi connectivity index (χ4n) is 3.22. The van der Waals surface area contributed by atoms with E-state index in [9.17, 15) is 9.59 Å². The molecule has 8 nitrogen and oxygen atoms in total. The SMILES string of the molecule is CCOC1CC(N)(C(=O)NCC(=O)Nc2cc(OC)cc(OC)c2)C1(C)C. The van der Waals surface area contributed by atoms with E-state index in [0.717, 1.165) is 0 Å². The molecule has 1 aliphatic rings. The van der Waals surface area contributed by atoms with Gasteiger partial charge in [-0.05, 0) is 6.92 Å². The Balaban J connectivity index is 1.93. The number of hydrogen-bond acceptors (Lipinski definition) is 6. The lowest BCUT2D eigenvalue weighted by Gasteiger charge is -2.57. The van der Waals surface area contributed by atoms with Crippen molar-refractivity contribution in [1.82, 2.24) is 5.32 Å². The second kappa shape index (κ2) is 8.14. The van der Waals surface area contributed by atoms with Crippen molar-refractivity contribution < 1.29 is 23.8 Å². The first-order chi connectivity index (χ1) is 12.7. The van der Waals surface area contributed by atoms with Crippen molar-refractivity contribution in [2.24, 2.45) is 11.1 Å². The van der Waals surface area contributed by atoms with E-state index < -0.39 is 11.0 Å². The van der Waals surface area contributed by atoms with Crippen LogP contribution in [0.25, 0.3) is 0 Å². The zero-order valence-electron chi connectivity index (χ0n) is 16.5. The highest BCUT2D eigenvalue weighted by Crippen LogP contribution is 2.49. The number of amides is 2. The van der Waals surface area contributed by atoms with E-state index in [2.05, 4.69) is 10.6 Å². The molecule has 1 aromatic rings. The molecule has 0 aliphatic heterocycles. The van der Waals surface area contributed by atoms with Crippen LogP contribution in [0.4, 0.5) is 5.69 Å². The predicted octanol–water partition coefficient (Wildman–Crippen LogP) is 1.29. The number of nitrogens with one attached hydrogen (secondary N) is 2. The van der Waals surface area contributed by atoms with Crippen molar-refractivity contribution in [3.05, 3.63) is 18.2 Å². The fourth-order valence-corrected chi connectivity index (χ4v) is 3.22. The molecule has 0 bridgehead atoms. The predicted molar refractivity (Wildman–Crippen MR) is 102 cm³/mol. The summed E-state index contributed by atoms with van der Waals surface area (Å²) in [6.07, 6.45) is 0.352. The fraction of sp³-hybridized carbons (Fsp3) is 0.579. The molecule has 8 heteroatoms. The van der Waals surface area contributed by atoms with Gasteiger partial charge in [-0.1, -0.05) is 13.8 Å². The van der Waals surface area contributed by atoms with Crippen LogP contribution in [0.5, 0.6) is 11.5 Å². The summed E-state index contributed by atoms with van der Waals surface area (Å²) in [6, 6.07) is 5.02. The number of carbonyl (C=O) groups excluding carboxylic acids is 2. The van der Waals surface area contributed by atoms with E-state index >= 15 is 0 Å². The Kier molecular flexibility index (Phi) is 6.33. The van der Waals surface area contributed by atoms with Crippen LogP contribution in [0.1, 0.15) is 27.2 Å². The van der Waals surface area contributed by atoms with Gasteiger partial charge in [-0.15, -0.1) is 0 Å². The molecule has 0 aromatic heterocycles. The highest BCUT2D eigenvalue weighted by atomic mass is 16.5. The lowest BCUT2D eigenvalue weighted by Crippen LogP contribution is -2.76. The molecule has 2 atom stereocenters. The smallest absolute Gasteiger partial charge is 0.243 e. The Labute approximate surface area is 159 Å². The Morgan fingerprint density at radius 2 is 1.78 bits per heavy atom. The number of hydrogen-bond donors (Lipinski definition) is 3. The van der Waals surface area contributed by atoms with Gasteiger partial charge in [0, 0.05) is 42.3 Å². The van der Waals surface area contributed by atoms with E-state index in [4.69, 9.17) is 19.9 Å². The zero-order chi connectivity index (χ0) is 20.2. The molecule has 27 heavy (non-hydrogen) atoms. The molecule has 2 rings (SSSR count). The van der Waals surface area contributed by atoms with Gasteiger partial charge in [0.1, 0.15) is 17.0 Å². The Morgan fingerprint density at radius 1 is 1.19 bits per heavy atom. The van der Waals surface area contributed by atoms with Gasteiger partial charge in [0.2, 0.25) is 11.8 Å². The summed E-state index contributed by atoms with van der Waals surface area (Å²) in [4.78, 5) is 24.8. The van der Waals surface area contributed by atoms with E-state index in [1.807, 2.05) is 20.8 Å². The van der Waals surface area contributed by atoms with Crippen LogP contribution >= 0.6 is 0 Å². The number of anilines is 1. The third-order valence-corrected chi connectivity index (χ3v) is 5.28. The number of rotatable bonds is 8. The monoisotopic (exact) mass is 379 g/mol. The molecule has 4 N–H and O–H groups in total. The van der Waals surface area contributed by atoms with Crippen molar-refractivity contribution in [3.63, 3.8) is 0 Å². The molecule has 0 heterocycles. The minimum absolute atomic E-state index is 0.0728. The molecule has 1 aromatic carbocycles. The summed E-state index contributed by atoms with van der Waals surface area (Å²) in [7, 11) is 3.05. The average molecular weight is 379 g/mol. The first kappa shape index (κ1) is 21.0. The van der Waals surface area contributed by atoms with Gasteiger partial charge in [-0.25, -0.2) is 0 Å². The van der Waals surface area contributed by atoms with E-state index in [0.29, 0.717) is 30.2 Å². The summed E-state index contributed by atoms with van der Waals surface area (Å²) in [6.45, 7) is 6.09. The maximum Gasteiger partial charge on any atom is 0.243 e. The van der Waals surface area contributed by atoms with Gasteiger partial charge in [-0.2, -0.15) is 0 Å². The molecule has 150 valence electrons. The first-order valence-corrected chi connectivity index (χ1v) is 8.89. The topological polar surface area (TPSA) is 112 Å². The van der Waals surface area contributed by atoms with Crippen LogP contribution < -0.4 is 25.8 Å². The molecular formula is C19H29N3O5. The maximum atomic E-state index is 12.6. The number of nitrogens with two attached hydrogens (primary N) is 1. The normalized spacial score (nSPS) is 23.1. The largest absolute Gasteiger partial charge is 0.497 e. The van der Waals surface area contributed by atoms with Gasteiger partial charge in [0.25, 0.3) is 0 Å². The second-order valence-electron chi connectivity index (χ2n) is 7.17. The minimum Gasteiger partial charge on any atom is -0.497 e. The summed E-state index contributed by atoms with van der Waals surface area (Å²) in [5, 5.41) is 5.33. The Morgan fingerprint density at radius 3 is 2.26 bits per heavy atom. The number of ether oxygens (including phenoxy) is 3. The lowest BCUT2D eigenvalue weighted by atomic mass is 9.54. The van der Waals surface area contributed by atoms with Gasteiger partial charge in [-0.3, -0.25) is 9.59 Å². The molecule has 0 spiro atoms. The third kappa shape index (κ3) is 4.17. The Hall–Kier alpha value is -2.32. The summed E-state index contributed by atoms with van der Waals surface area (Å²) in [5.74, 6) is 0.364. The number of benzene rings is 1. The maximum absolute atomic E-state index is 12.6. The highest BCUT2D eigenvalue weighted by molar-refractivity contribution is 5.97. The van der Waals surface area contributed by atoms with Gasteiger partial charge in [0.05, 0.1) is 26.9 Å². The van der Waals surface area contributed by atoms with Crippen LogP contribution in [-0.2, 0) is 14.3 Å². The first-order valence-electron chi connectivity index (χ1n) is 8.89. The van der Waals surface area contributed by atoms with Crippen LogP contribution in [-0.4, -0.2) is 50.8 Å². The van der Waals surface area contributed by atoms with E-state index in [1.54, 1.807) is 18.2 Å². The standard InChI is InChI=1S/C19H29N3O5/c1-6-27-15-10-19(20,18(15,2)3)17(24)21-11-16(23)22-12-7-13(25-4)9-14(8-12)26-5/h7-9,15H,6,10-11,20H2,1-5H3,(H,21,24)(H,22,23). The van der Waals surface area contributed by atoms with Crippen molar-refractivity contribution >= 4 is 17.5 Å². The zero-order valence-corrected chi connectivity index (χ0v) is 16.5. The molecule has 1 fully saturated rings. The van der Waals surface area contributed by atoms with E-state index in [-0.39, 0.29) is 24.5 Å². The number of carbonyl (C=O) groups is 2. The quantitative estimate of drug-likeness (QED) is 0.627. The Bertz CT molecular complexity index is 684. The van der Waals surface area contributed by atoms with Gasteiger partial charge >= 0.3 is 0 Å². The van der Waals surface area contributed by atoms with Crippen molar-refractivity contribution in [2.45, 2.75) is 38.8 Å². The highest BCUT2D eigenvalue weighted by Gasteiger charge is 2.62. The third-order valence-electron chi connectivity index (χ3n) is 5.28. The molecule has 1 saturated carbocycles. The van der Waals surface area contributed by atoms with Crippen LogP contribution in [0.2, 0.25) is 0 Å². The second-order valence-corrected chi connectivity index (χ2v) is 7.17. The van der Waals surface area contributed by atoms with Crippen LogP contribution in [0.15, 0.2) is 18.2 Å². The molecule has 2 unspecified atom stereocenters. The molecule has 1 aliphatic carbocycles. The molecule has 2 amide bonds. The summed E-state index contributed by atoms with van der Waals surface area (Å²) >= 11 is 0. The average Bonchev–Trinajstić information content (AvgIpc) is 2.65. The molecule has 0 radical (unpaired) electrons. The molecular weight excluding hydrogens is 350 g/mol. The van der Waals surface area contributed by atoms with Crippen LogP contribution in [0.3, 0.4) is 0 Å². The van der Waals surface area contributed by atoms with Crippen molar-refractivity contribution in [3.8, 4) is 11.5 Å². The van der Waals surface area contributed by atoms with Gasteiger partial charge < -0.3 is 30.6 Å². The minimum atomic E-state index is -1.06. The van der Waals surface area contributed by atoms with Crippen LogP contribution in [0, 0.1) is 5.41 Å².